The molecule has 0 spiro atoms. The number of hydrogen-bond donors (Lipinski definition) is 0. The quantitative estimate of drug-likeness (QED) is 0.193. The zero-order valence-corrected chi connectivity index (χ0v) is 28.8. The second-order valence-corrected chi connectivity index (χ2v) is 23.3. The summed E-state index contributed by atoms with van der Waals surface area (Å²) in [6.45, 7) is 32.3. The van der Waals surface area contributed by atoms with Gasteiger partial charge in [-0.1, -0.05) is 67.5 Å². The highest BCUT2D eigenvalue weighted by Crippen LogP contribution is 2.78. The average molecular weight is 569 g/mol. The van der Waals surface area contributed by atoms with E-state index in [-0.39, 0.29) is 33.5 Å². The van der Waals surface area contributed by atoms with E-state index in [4.69, 9.17) is 9.16 Å². The molecule has 1 saturated heterocycles. The van der Waals surface area contributed by atoms with Crippen molar-refractivity contribution in [3.05, 3.63) is 12.2 Å². The monoisotopic (exact) mass is 568 g/mol. The van der Waals surface area contributed by atoms with Gasteiger partial charge in [0.25, 0.3) is 0 Å². The van der Waals surface area contributed by atoms with Crippen molar-refractivity contribution in [1.82, 2.24) is 0 Å². The van der Waals surface area contributed by atoms with E-state index < -0.39 is 8.32 Å². The van der Waals surface area contributed by atoms with Gasteiger partial charge in [0, 0.05) is 17.4 Å². The average Bonchev–Trinajstić information content (AvgIpc) is 3.56. The lowest BCUT2D eigenvalue weighted by molar-refractivity contribution is -0.235. The molecule has 0 bridgehead atoms. The summed E-state index contributed by atoms with van der Waals surface area (Å²) >= 11 is 0. The number of Topliss-reactive ketones (excluding diaryl/α,β-unsaturated/α-hetero) is 1. The van der Waals surface area contributed by atoms with Gasteiger partial charge < -0.3 is 9.16 Å². The van der Waals surface area contributed by atoms with Crippen molar-refractivity contribution in [3.63, 3.8) is 0 Å². The second-order valence-electron chi connectivity index (χ2n) is 18.5. The fraction of sp³-hybridized carbons (Fsp3) is 0.917. The van der Waals surface area contributed by atoms with Crippen LogP contribution in [-0.4, -0.2) is 32.9 Å². The molecule has 0 aromatic rings. The molecular formula is C36H60O3Si. The van der Waals surface area contributed by atoms with Crippen LogP contribution >= 0.6 is 0 Å². The van der Waals surface area contributed by atoms with Gasteiger partial charge in [0.15, 0.2) is 14.1 Å². The third kappa shape index (κ3) is 3.57. The summed E-state index contributed by atoms with van der Waals surface area (Å²) < 4.78 is 13.4. The van der Waals surface area contributed by atoms with Gasteiger partial charge in [0.2, 0.25) is 0 Å². The van der Waals surface area contributed by atoms with Crippen molar-refractivity contribution in [3.8, 4) is 0 Å². The van der Waals surface area contributed by atoms with E-state index in [1.165, 1.54) is 56.9 Å². The van der Waals surface area contributed by atoms with Crippen molar-refractivity contribution in [2.45, 2.75) is 144 Å². The second kappa shape index (κ2) is 8.59. The van der Waals surface area contributed by atoms with Gasteiger partial charge in [-0.2, -0.15) is 0 Å². The summed E-state index contributed by atoms with van der Waals surface area (Å²) in [5.41, 5.74) is 2.13. The lowest BCUT2D eigenvalue weighted by Gasteiger charge is -2.72. The highest BCUT2D eigenvalue weighted by molar-refractivity contribution is 6.74. The summed E-state index contributed by atoms with van der Waals surface area (Å²) in [6.07, 6.45) is 10.3. The Morgan fingerprint density at radius 2 is 1.62 bits per heavy atom. The van der Waals surface area contributed by atoms with Crippen molar-refractivity contribution in [1.29, 1.82) is 0 Å². The first kappa shape index (κ1) is 29.6. The summed E-state index contributed by atoms with van der Waals surface area (Å²) in [4.78, 5) is 13.3. The summed E-state index contributed by atoms with van der Waals surface area (Å²) in [6, 6.07) is 0. The van der Waals surface area contributed by atoms with E-state index in [1.807, 2.05) is 0 Å². The first-order valence-electron chi connectivity index (χ1n) is 16.8. The molecule has 3 nitrogen and oxygen atoms in total. The molecule has 6 aliphatic rings. The van der Waals surface area contributed by atoms with Crippen LogP contribution in [0, 0.1) is 56.7 Å². The predicted octanol–water partition coefficient (Wildman–Crippen LogP) is 9.22. The van der Waals surface area contributed by atoms with E-state index in [9.17, 15) is 4.79 Å². The van der Waals surface area contributed by atoms with E-state index in [0.717, 1.165) is 12.5 Å². The van der Waals surface area contributed by atoms with Crippen molar-refractivity contribution in [2.75, 3.05) is 6.61 Å². The van der Waals surface area contributed by atoms with E-state index >= 15 is 0 Å². The molecule has 6 rings (SSSR count). The molecule has 6 fully saturated rings. The third-order valence-electron chi connectivity index (χ3n) is 15.8. The van der Waals surface area contributed by atoms with Crippen LogP contribution in [0.4, 0.5) is 0 Å². The smallest absolute Gasteiger partial charge is 0.192 e. The Morgan fingerprint density at radius 3 is 2.25 bits per heavy atom. The molecule has 1 aliphatic heterocycles. The molecule has 0 amide bonds. The molecule has 0 aromatic carbocycles. The van der Waals surface area contributed by atoms with E-state index in [2.05, 4.69) is 82.0 Å². The number of ether oxygens (including phenoxy) is 1. The number of carbonyl (C=O) groups is 1. The standard InChI is InChI=1S/C36H60O3Si/c1-22(2)23-15-18-36(21-38-40(11,12)31(3,4)5)20-19-33(8)24(27(23)36)13-14-26-34(33,9)17-16-25-32(6,7)29(37)28-30(39-28)35(25,26)10/h23-28,30H,1,13-21H2,2-12H3/t23-,24+,25-,26-,27+,28-,30-,33+,34+,35-,36+/m0/s1. The SMILES string of the molecule is C=C(C)[C@@H]1CC[C@]2(CO[Si](C)(C)C(C)(C)C)CC[C@]3(C)[C@H](CC[C@@H]4[C@@]5(C)[C@H]6O[C@H]6C(=O)C(C)(C)[C@@H]5CC[C@]43C)[C@@H]12. The molecular weight excluding hydrogens is 508 g/mol. The van der Waals surface area contributed by atoms with Crippen LogP contribution in [0.15, 0.2) is 12.2 Å². The minimum Gasteiger partial charge on any atom is -0.416 e. The van der Waals surface area contributed by atoms with Crippen LogP contribution in [0.2, 0.25) is 18.1 Å². The molecule has 0 radical (unpaired) electrons. The maximum Gasteiger partial charge on any atom is 0.192 e. The zero-order chi connectivity index (χ0) is 29.5. The Hall–Kier alpha value is -0.453. The Morgan fingerprint density at radius 1 is 0.950 bits per heavy atom. The third-order valence-corrected chi connectivity index (χ3v) is 20.3. The Kier molecular flexibility index (Phi) is 6.36. The topological polar surface area (TPSA) is 38.8 Å². The first-order chi connectivity index (χ1) is 18.3. The Bertz CT molecular complexity index is 1100. The maximum atomic E-state index is 13.3. The van der Waals surface area contributed by atoms with Crippen molar-refractivity contribution < 1.29 is 14.0 Å². The zero-order valence-electron chi connectivity index (χ0n) is 27.8. The molecule has 5 saturated carbocycles. The lowest BCUT2D eigenvalue weighted by Crippen LogP contribution is -2.68. The minimum absolute atomic E-state index is 0.104. The van der Waals surface area contributed by atoms with Crippen LogP contribution < -0.4 is 0 Å². The molecule has 226 valence electrons. The minimum atomic E-state index is -1.82. The molecule has 0 N–H and O–H groups in total. The van der Waals surface area contributed by atoms with Gasteiger partial charge in [-0.15, -0.1) is 0 Å². The van der Waals surface area contributed by atoms with Gasteiger partial charge in [-0.25, -0.2) is 0 Å². The number of hydrogen-bond acceptors (Lipinski definition) is 3. The number of carbonyl (C=O) groups excluding carboxylic acids is 1. The summed E-state index contributed by atoms with van der Waals surface area (Å²) in [5.74, 6) is 3.48. The largest absolute Gasteiger partial charge is 0.416 e. The van der Waals surface area contributed by atoms with Gasteiger partial charge >= 0.3 is 0 Å². The summed E-state index contributed by atoms with van der Waals surface area (Å²) in [7, 11) is -1.82. The lowest BCUT2D eigenvalue weighted by atomic mass is 9.32. The molecule has 0 unspecified atom stereocenters. The number of allylic oxidation sites excluding steroid dienone is 1. The first-order valence-corrected chi connectivity index (χ1v) is 19.7. The maximum absolute atomic E-state index is 13.3. The molecule has 5 aliphatic carbocycles. The molecule has 4 heteroatoms. The van der Waals surface area contributed by atoms with Gasteiger partial charge in [-0.3, -0.25) is 4.79 Å². The highest BCUT2D eigenvalue weighted by atomic mass is 28.4. The van der Waals surface area contributed by atoms with Gasteiger partial charge in [0.05, 0.1) is 6.10 Å². The van der Waals surface area contributed by atoms with Crippen molar-refractivity contribution >= 4 is 14.1 Å². The van der Waals surface area contributed by atoms with Crippen LogP contribution in [0.5, 0.6) is 0 Å². The summed E-state index contributed by atoms with van der Waals surface area (Å²) in [5, 5.41) is 0.242. The molecule has 0 aromatic heterocycles. The predicted molar refractivity (Wildman–Crippen MR) is 167 cm³/mol. The Balaban J connectivity index is 1.36. The van der Waals surface area contributed by atoms with Crippen LogP contribution in [0.3, 0.4) is 0 Å². The number of rotatable bonds is 4. The number of epoxide rings is 1. The fourth-order valence-electron chi connectivity index (χ4n) is 12.2. The Labute approximate surface area is 247 Å². The fourth-order valence-corrected chi connectivity index (χ4v) is 13.3. The normalized spacial score (nSPS) is 51.2. The van der Waals surface area contributed by atoms with Crippen LogP contribution in [0.1, 0.15) is 114 Å². The van der Waals surface area contributed by atoms with Gasteiger partial charge in [0.1, 0.15) is 6.10 Å². The van der Waals surface area contributed by atoms with Crippen molar-refractivity contribution in [2.24, 2.45) is 56.7 Å². The van der Waals surface area contributed by atoms with Crippen LogP contribution in [-0.2, 0) is 14.0 Å². The highest BCUT2D eigenvalue weighted by Gasteiger charge is 2.77. The molecule has 11 atom stereocenters. The number of ketones is 1. The van der Waals surface area contributed by atoms with Crippen LogP contribution in [0.25, 0.3) is 0 Å². The molecule has 40 heavy (non-hydrogen) atoms. The van der Waals surface area contributed by atoms with E-state index in [1.54, 1.807) is 0 Å². The molecule has 1 heterocycles. The van der Waals surface area contributed by atoms with E-state index in [0.29, 0.717) is 40.3 Å². The van der Waals surface area contributed by atoms with Gasteiger partial charge in [-0.05, 0) is 122 Å². The number of fused-ring (bicyclic) bond motifs is 9.